The molecule has 0 atom stereocenters. The van der Waals surface area contributed by atoms with Crippen molar-refractivity contribution < 1.29 is 9.59 Å². The summed E-state index contributed by atoms with van der Waals surface area (Å²) in [6.45, 7) is 2.09. The van der Waals surface area contributed by atoms with Gasteiger partial charge in [-0.05, 0) is 13.8 Å². The van der Waals surface area contributed by atoms with Gasteiger partial charge < -0.3 is 0 Å². The van der Waals surface area contributed by atoms with E-state index in [-0.39, 0.29) is 0 Å². The number of ketones is 2. The number of hydrogen-bond acceptors (Lipinski definition) is 6. The molecule has 0 aliphatic rings. The first-order chi connectivity index (χ1) is 7.91. The monoisotopic (exact) mass is 228 g/mol. The van der Waals surface area contributed by atoms with Crippen LogP contribution < -0.4 is 0 Å². The molecule has 0 aromatic heterocycles. The Morgan fingerprint density at radius 2 is 1.29 bits per heavy atom. The Hall–Kier alpha value is -2.70. The minimum absolute atomic E-state index is 0.712. The smallest absolute Gasteiger partial charge is 0.189 e. The van der Waals surface area contributed by atoms with E-state index in [0.717, 1.165) is 13.8 Å². The van der Waals surface area contributed by atoms with Crippen molar-refractivity contribution in [3.63, 3.8) is 0 Å². The first kappa shape index (κ1) is 14.3. The molecule has 0 saturated carbocycles. The van der Waals surface area contributed by atoms with Gasteiger partial charge in [0.2, 0.25) is 0 Å². The molecular weight excluding hydrogens is 220 g/mol. The fourth-order valence-electron chi connectivity index (χ4n) is 1.61. The van der Waals surface area contributed by atoms with Gasteiger partial charge in [0.25, 0.3) is 0 Å². The van der Waals surface area contributed by atoms with Gasteiger partial charge in [-0.1, -0.05) is 0 Å². The van der Waals surface area contributed by atoms with Crippen molar-refractivity contribution in [1.82, 2.24) is 0 Å². The van der Waals surface area contributed by atoms with Crippen LogP contribution in [0.1, 0.15) is 13.8 Å². The van der Waals surface area contributed by atoms with E-state index in [4.69, 9.17) is 21.0 Å². The summed E-state index contributed by atoms with van der Waals surface area (Å²) in [7, 11) is 0. The van der Waals surface area contributed by atoms with Crippen LogP contribution in [0.4, 0.5) is 0 Å². The highest BCUT2D eigenvalue weighted by Gasteiger charge is 2.52. The maximum atomic E-state index is 11.3. The molecule has 0 radical (unpaired) electrons. The van der Waals surface area contributed by atoms with Gasteiger partial charge in [0.05, 0.1) is 24.3 Å². The van der Waals surface area contributed by atoms with E-state index in [0.29, 0.717) is 0 Å². The molecule has 6 heteroatoms. The zero-order valence-electron chi connectivity index (χ0n) is 9.26. The van der Waals surface area contributed by atoms with E-state index in [1.54, 1.807) is 0 Å². The minimum atomic E-state index is -2.25. The van der Waals surface area contributed by atoms with Gasteiger partial charge in [-0.15, -0.1) is 0 Å². The van der Waals surface area contributed by atoms with E-state index in [9.17, 15) is 9.59 Å². The van der Waals surface area contributed by atoms with Gasteiger partial charge in [-0.2, -0.15) is 21.0 Å². The predicted octanol–water partition coefficient (Wildman–Crippen LogP) is 0.478. The topological polar surface area (TPSA) is 129 Å². The molecule has 0 aromatic rings. The molecule has 0 aliphatic heterocycles. The molecule has 17 heavy (non-hydrogen) atoms. The van der Waals surface area contributed by atoms with Crippen LogP contribution in [-0.2, 0) is 9.59 Å². The highest BCUT2D eigenvalue weighted by molar-refractivity contribution is 6.02. The van der Waals surface area contributed by atoms with Crippen LogP contribution >= 0.6 is 0 Å². The second kappa shape index (κ2) is 5.40. The summed E-state index contributed by atoms with van der Waals surface area (Å²) < 4.78 is 0. The van der Waals surface area contributed by atoms with Crippen LogP contribution in [0.3, 0.4) is 0 Å². The lowest BCUT2D eigenvalue weighted by Gasteiger charge is -2.25. The largest absolute Gasteiger partial charge is 0.299 e. The van der Waals surface area contributed by atoms with Gasteiger partial charge in [0.15, 0.2) is 11.3 Å². The Morgan fingerprint density at radius 3 is 1.47 bits per heavy atom. The zero-order valence-corrected chi connectivity index (χ0v) is 9.26. The lowest BCUT2D eigenvalue weighted by molar-refractivity contribution is -0.133. The summed E-state index contributed by atoms with van der Waals surface area (Å²) in [5.74, 6) is -4.66. The molecule has 0 fully saturated rings. The first-order valence-corrected chi connectivity index (χ1v) is 4.53. The standard InChI is InChI=1S/C11H8N4O2/c1-7(16)10(8(2)17)11(5-14,6-15)9(3-12)4-13/h9-10H,1-2H3. The van der Waals surface area contributed by atoms with Crippen LogP contribution in [0, 0.1) is 62.6 Å². The molecular formula is C11H8N4O2. The molecule has 0 spiro atoms. The lowest BCUT2D eigenvalue weighted by atomic mass is 9.66. The average Bonchev–Trinajstić information content (AvgIpc) is 2.27. The molecule has 84 valence electrons. The Morgan fingerprint density at radius 1 is 0.941 bits per heavy atom. The van der Waals surface area contributed by atoms with E-state index in [1.165, 1.54) is 24.3 Å². The van der Waals surface area contributed by atoms with Crippen molar-refractivity contribution in [2.24, 2.45) is 17.3 Å². The molecule has 0 amide bonds. The Labute approximate surface area is 98.3 Å². The summed E-state index contributed by atoms with van der Waals surface area (Å²) >= 11 is 0. The van der Waals surface area contributed by atoms with Gasteiger partial charge in [-0.3, -0.25) is 9.59 Å². The molecule has 0 aliphatic carbocycles. The molecule has 0 aromatic carbocycles. The Bertz CT molecular complexity index is 468. The van der Waals surface area contributed by atoms with Gasteiger partial charge >= 0.3 is 0 Å². The van der Waals surface area contributed by atoms with Crippen molar-refractivity contribution in [3.8, 4) is 24.3 Å². The highest BCUT2D eigenvalue weighted by Crippen LogP contribution is 2.36. The van der Waals surface area contributed by atoms with Crippen molar-refractivity contribution >= 4 is 11.6 Å². The third-order valence-corrected chi connectivity index (χ3v) is 2.35. The molecule has 0 rings (SSSR count). The van der Waals surface area contributed by atoms with Crippen molar-refractivity contribution in [2.75, 3.05) is 0 Å². The van der Waals surface area contributed by atoms with Crippen LogP contribution in [0.15, 0.2) is 0 Å². The van der Waals surface area contributed by atoms with Gasteiger partial charge in [0, 0.05) is 0 Å². The minimum Gasteiger partial charge on any atom is -0.299 e. The van der Waals surface area contributed by atoms with Gasteiger partial charge in [0.1, 0.15) is 17.5 Å². The van der Waals surface area contributed by atoms with E-state index < -0.39 is 28.8 Å². The summed E-state index contributed by atoms with van der Waals surface area (Å²) in [5.41, 5.74) is -2.25. The van der Waals surface area contributed by atoms with Gasteiger partial charge in [-0.25, -0.2) is 0 Å². The molecule has 0 heterocycles. The van der Waals surface area contributed by atoms with E-state index >= 15 is 0 Å². The van der Waals surface area contributed by atoms with Crippen LogP contribution in [0.25, 0.3) is 0 Å². The summed E-state index contributed by atoms with van der Waals surface area (Å²) in [6, 6.07) is 5.91. The number of carbonyl (C=O) groups excluding carboxylic acids is 2. The third-order valence-electron chi connectivity index (χ3n) is 2.35. The maximum absolute atomic E-state index is 11.3. The van der Waals surface area contributed by atoms with E-state index in [2.05, 4.69) is 0 Å². The maximum Gasteiger partial charge on any atom is 0.189 e. The number of hydrogen-bond donors (Lipinski definition) is 0. The Balaban J connectivity index is 6.03. The molecule has 6 nitrogen and oxygen atoms in total. The normalized spacial score (nSPS) is 9.88. The fraction of sp³-hybridized carbons (Fsp3) is 0.455. The first-order valence-electron chi connectivity index (χ1n) is 4.53. The van der Waals surface area contributed by atoms with Crippen molar-refractivity contribution in [2.45, 2.75) is 13.8 Å². The SMILES string of the molecule is CC(=O)C(C(C)=O)C(C#N)(C#N)C(C#N)C#N. The second-order valence-corrected chi connectivity index (χ2v) is 3.44. The lowest BCUT2D eigenvalue weighted by Crippen LogP contribution is -2.42. The highest BCUT2D eigenvalue weighted by atomic mass is 16.1. The summed E-state index contributed by atoms with van der Waals surface area (Å²) in [5, 5.41) is 35.5. The van der Waals surface area contributed by atoms with Crippen LogP contribution in [0.2, 0.25) is 0 Å². The predicted molar refractivity (Wildman–Crippen MR) is 53.2 cm³/mol. The zero-order chi connectivity index (χ0) is 13.6. The molecule has 0 saturated heterocycles. The molecule has 0 N–H and O–H groups in total. The van der Waals surface area contributed by atoms with E-state index in [1.807, 2.05) is 0 Å². The van der Waals surface area contributed by atoms with Crippen molar-refractivity contribution in [1.29, 1.82) is 21.0 Å². The number of Topliss-reactive ketones (excluding diaryl/α,β-unsaturated/α-hetero) is 2. The average molecular weight is 228 g/mol. The quantitative estimate of drug-likeness (QED) is 0.643. The summed E-state index contributed by atoms with van der Waals surface area (Å²) in [6.07, 6.45) is 0. The fourth-order valence-corrected chi connectivity index (χ4v) is 1.61. The number of nitriles is 4. The van der Waals surface area contributed by atoms with Crippen LogP contribution in [0.5, 0.6) is 0 Å². The number of carbonyl (C=O) groups is 2. The second-order valence-electron chi connectivity index (χ2n) is 3.44. The number of rotatable bonds is 4. The van der Waals surface area contributed by atoms with Crippen molar-refractivity contribution in [3.05, 3.63) is 0 Å². The number of nitrogens with zero attached hydrogens (tertiary/aromatic N) is 4. The molecule has 0 bridgehead atoms. The van der Waals surface area contributed by atoms with Crippen LogP contribution in [-0.4, -0.2) is 11.6 Å². The Kier molecular flexibility index (Phi) is 4.54. The molecule has 0 unspecified atom stereocenters. The summed E-state index contributed by atoms with van der Waals surface area (Å²) in [4.78, 5) is 22.7. The third kappa shape index (κ3) is 2.28.